The van der Waals surface area contributed by atoms with Crippen LogP contribution in [0.15, 0.2) is 23.8 Å². The van der Waals surface area contributed by atoms with Crippen LogP contribution >= 0.6 is 68.1 Å². The van der Waals surface area contributed by atoms with Gasteiger partial charge in [0.2, 0.25) is 0 Å². The van der Waals surface area contributed by atoms with Gasteiger partial charge in [0.05, 0.1) is 0 Å². The third-order valence-corrected chi connectivity index (χ3v) is 5.09. The van der Waals surface area contributed by atoms with Crippen molar-refractivity contribution < 1.29 is 4.20 Å². The van der Waals surface area contributed by atoms with Crippen LogP contribution in [0.3, 0.4) is 0 Å². The van der Waals surface area contributed by atoms with E-state index in [-0.39, 0.29) is 0 Å². The van der Waals surface area contributed by atoms with Gasteiger partial charge in [0.15, 0.2) is 0 Å². The Morgan fingerprint density at radius 2 is 0.765 bits per heavy atom. The topological polar surface area (TPSA) is 61.8 Å². The van der Waals surface area contributed by atoms with E-state index in [9.17, 15) is 0 Å². The van der Waals surface area contributed by atoms with Crippen LogP contribution in [-0.2, 0) is 0 Å². The van der Waals surface area contributed by atoms with Crippen LogP contribution in [-0.4, -0.2) is 25.8 Å². The summed E-state index contributed by atoms with van der Waals surface area (Å²) in [7, 11) is -6.48. The predicted octanol–water partition coefficient (Wildman–Crippen LogP) is 4.05. The van der Waals surface area contributed by atoms with Crippen molar-refractivity contribution in [3.63, 3.8) is 0 Å². The van der Waals surface area contributed by atoms with E-state index in [0.29, 0.717) is 0 Å². The minimum atomic E-state index is -6.48. The zero-order chi connectivity index (χ0) is 13.5. The molecule has 0 spiro atoms. The summed E-state index contributed by atoms with van der Waals surface area (Å²) in [6, 6.07) is 0. The van der Waals surface area contributed by atoms with Crippen LogP contribution < -0.4 is 0 Å². The molecule has 0 aliphatic carbocycles. The van der Waals surface area contributed by atoms with Crippen LogP contribution in [0.4, 0.5) is 4.20 Å². The number of isothiocyanates is 5. The van der Waals surface area contributed by atoms with Gasteiger partial charge in [-0.05, 0) is 0 Å². The van der Waals surface area contributed by atoms with Gasteiger partial charge in [-0.15, -0.1) is 0 Å². The van der Waals surface area contributed by atoms with E-state index in [1.807, 2.05) is 0 Å². The Balaban J connectivity index is 7.26. The zero-order valence-corrected chi connectivity index (χ0v) is 12.6. The van der Waals surface area contributed by atoms with Gasteiger partial charge in [-0.2, -0.15) is 0 Å². The molecule has 0 aromatic rings. The molecule has 88 valence electrons. The molecule has 0 saturated carbocycles. The first-order chi connectivity index (χ1) is 7.89. The molecule has 5 nitrogen and oxygen atoms in total. The van der Waals surface area contributed by atoms with Gasteiger partial charge < -0.3 is 0 Å². The third-order valence-electron chi connectivity index (χ3n) is 1.29. The monoisotopic (exact) mass is 340 g/mol. The fourth-order valence-corrected chi connectivity index (χ4v) is 4.65. The molecule has 0 aromatic carbocycles. The van der Waals surface area contributed by atoms with E-state index in [2.05, 4.69) is 84.9 Å². The predicted molar refractivity (Wildman–Crippen MR) is 83.2 cm³/mol. The number of hydrogen-bond donors (Lipinski definition) is 0. The van der Waals surface area contributed by atoms with Crippen LogP contribution in [0.1, 0.15) is 0 Å². The van der Waals surface area contributed by atoms with Crippen molar-refractivity contribution >= 4 is 93.9 Å². The summed E-state index contributed by atoms with van der Waals surface area (Å²) >= 11 is 21.5. The summed E-state index contributed by atoms with van der Waals surface area (Å²) < 4.78 is 30.9. The summed E-state index contributed by atoms with van der Waals surface area (Å²) in [5.41, 5.74) is 0. The van der Waals surface area contributed by atoms with Crippen molar-refractivity contribution in [2.75, 3.05) is 0 Å². The molecule has 0 amide bonds. The van der Waals surface area contributed by atoms with Crippen LogP contribution in [0.25, 0.3) is 0 Å². The van der Waals surface area contributed by atoms with Gasteiger partial charge in [0.1, 0.15) is 0 Å². The fraction of sp³-hybridized carbons (Fsp3) is 0. The first-order valence-electron chi connectivity index (χ1n) is 3.31. The Bertz CT molecular complexity index is 483. The molecule has 0 aliphatic rings. The van der Waals surface area contributed by atoms with E-state index < -0.39 is 7.01 Å². The molecule has 0 unspecified atom stereocenters. The Labute approximate surface area is 121 Å². The fourth-order valence-electron chi connectivity index (χ4n) is 0.666. The van der Waals surface area contributed by atoms with Crippen molar-refractivity contribution in [3.05, 3.63) is 0 Å². The quantitative estimate of drug-likeness (QED) is 0.429. The number of rotatable bonds is 5. The average molecular weight is 340 g/mol. The van der Waals surface area contributed by atoms with E-state index in [4.69, 9.17) is 0 Å². The Morgan fingerprint density at radius 3 is 0.882 bits per heavy atom. The molecule has 0 radical (unpaired) electrons. The maximum absolute atomic E-state index is 15.2. The van der Waals surface area contributed by atoms with Crippen molar-refractivity contribution in [1.82, 2.24) is 0 Å². The van der Waals surface area contributed by atoms with Gasteiger partial charge in [-0.25, -0.2) is 0 Å². The molecule has 12 heteroatoms. The molecule has 0 atom stereocenters. The van der Waals surface area contributed by atoms with Crippen molar-refractivity contribution in [2.24, 2.45) is 23.8 Å². The Morgan fingerprint density at radius 1 is 0.588 bits per heavy atom. The maximum atomic E-state index is 15.2. The van der Waals surface area contributed by atoms with Gasteiger partial charge in [0.25, 0.3) is 0 Å². The Kier molecular flexibility index (Phi) is 5.14. The SMILES string of the molecule is F[P-](N=C=S)(N=C=S)(N=C=S)(N=C=S)N=C=S. The summed E-state index contributed by atoms with van der Waals surface area (Å²) in [6.07, 6.45) is 0. The molecule has 0 aromatic heterocycles. The van der Waals surface area contributed by atoms with Crippen LogP contribution in [0, 0.1) is 0 Å². The van der Waals surface area contributed by atoms with Gasteiger partial charge >= 0.3 is 122 Å². The Hall–Kier alpha value is -0.640. The van der Waals surface area contributed by atoms with Gasteiger partial charge in [-0.3, -0.25) is 0 Å². The molecule has 0 saturated heterocycles. The molecular weight excluding hydrogens is 340 g/mol. The molecule has 0 heterocycles. The second-order valence-electron chi connectivity index (χ2n) is 2.23. The third kappa shape index (κ3) is 3.18. The average Bonchev–Trinajstić information content (AvgIpc) is 2.19. The first kappa shape index (κ1) is 16.4. The van der Waals surface area contributed by atoms with E-state index in [1.54, 1.807) is 25.8 Å². The van der Waals surface area contributed by atoms with Crippen molar-refractivity contribution in [1.29, 1.82) is 0 Å². The van der Waals surface area contributed by atoms with E-state index in [1.165, 1.54) is 0 Å². The first-order valence-corrected chi connectivity index (χ1v) is 7.69. The molecule has 17 heavy (non-hydrogen) atoms. The molecule has 0 N–H and O–H groups in total. The molecule has 0 aliphatic heterocycles. The minimum absolute atomic E-state index is 1.70. The van der Waals surface area contributed by atoms with Crippen molar-refractivity contribution in [3.8, 4) is 0 Å². The summed E-state index contributed by atoms with van der Waals surface area (Å²) in [5.74, 6) is 0. The number of halogens is 1. The number of thiocarbonyl (C=S) groups is 5. The normalized spacial score (nSPS) is 12.8. The standard InChI is InChI=1S/C5FN5PS5/c6-12(7-1-13,8-2-14,9-3-15,10-4-16)11-5-17/q-1. The van der Waals surface area contributed by atoms with Crippen LogP contribution in [0.5, 0.6) is 0 Å². The second kappa shape index (κ2) is 5.34. The second-order valence-corrected chi connectivity index (χ2v) is 6.69. The number of nitrogens with zero attached hydrogens (tertiary/aromatic N) is 5. The summed E-state index contributed by atoms with van der Waals surface area (Å²) in [6.45, 7) is 0. The van der Waals surface area contributed by atoms with E-state index >= 15 is 4.20 Å². The van der Waals surface area contributed by atoms with Crippen LogP contribution in [0.2, 0.25) is 0 Å². The molecule has 0 fully saturated rings. The molecular formula is C5FN5PS5-. The van der Waals surface area contributed by atoms with Crippen molar-refractivity contribution in [2.45, 2.75) is 0 Å². The summed E-state index contributed by atoms with van der Waals surface area (Å²) in [4.78, 5) is 0. The van der Waals surface area contributed by atoms with Gasteiger partial charge in [-0.1, -0.05) is 0 Å². The molecule has 0 rings (SSSR count). The zero-order valence-electron chi connectivity index (χ0n) is 7.60. The van der Waals surface area contributed by atoms with E-state index in [0.717, 1.165) is 0 Å². The van der Waals surface area contributed by atoms with Gasteiger partial charge in [0, 0.05) is 0 Å². The molecule has 0 bridgehead atoms. The number of hydrogen-bond acceptors (Lipinski definition) is 10. The summed E-state index contributed by atoms with van der Waals surface area (Å²) in [5, 5.41) is 8.52.